The van der Waals surface area contributed by atoms with Crippen LogP contribution in [0.2, 0.25) is 0 Å². The van der Waals surface area contributed by atoms with E-state index in [-0.39, 0.29) is 39.6 Å². The molecule has 45 heavy (non-hydrogen) atoms. The number of hydrazone groups is 1. The number of nitrogens with two attached hydrogens (primary N) is 4. The highest BCUT2D eigenvalue weighted by molar-refractivity contribution is 7.86. The highest BCUT2D eigenvalue weighted by Crippen LogP contribution is 2.33. The number of allylic oxidation sites excluding steroid dienone is 1. The second kappa shape index (κ2) is 12.0. The number of ketones is 1. The molecule has 10 N–H and O–H groups in total. The van der Waals surface area contributed by atoms with Crippen molar-refractivity contribution in [3.63, 3.8) is 0 Å². The predicted molar refractivity (Wildman–Crippen MR) is 171 cm³/mol. The third kappa shape index (κ3) is 6.64. The first kappa shape index (κ1) is 30.0. The van der Waals surface area contributed by atoms with Gasteiger partial charge in [0.25, 0.3) is 10.1 Å². The Morgan fingerprint density at radius 3 is 1.96 bits per heavy atom. The molecule has 1 aliphatic carbocycles. The Morgan fingerprint density at radius 1 is 0.756 bits per heavy atom. The van der Waals surface area contributed by atoms with E-state index in [4.69, 9.17) is 22.9 Å². The number of carbonyl (C=O) groups is 1. The largest absolute Gasteiger partial charge is 0.399 e. The maximum Gasteiger partial charge on any atom is 0.296 e. The number of carbonyl (C=O) groups excluding carboxylic acids is 1. The smallest absolute Gasteiger partial charge is 0.296 e. The van der Waals surface area contributed by atoms with Gasteiger partial charge in [-0.3, -0.25) is 14.8 Å². The van der Waals surface area contributed by atoms with Crippen LogP contribution in [0.25, 0.3) is 6.08 Å². The monoisotopic (exact) mass is 621 g/mol. The van der Waals surface area contributed by atoms with Crippen LogP contribution in [-0.4, -0.2) is 24.5 Å². The molecule has 5 rings (SSSR count). The molecule has 1 aliphatic rings. The summed E-state index contributed by atoms with van der Waals surface area (Å²) >= 11 is 0. The summed E-state index contributed by atoms with van der Waals surface area (Å²) in [5, 5.41) is 29.9. The van der Waals surface area contributed by atoms with E-state index in [0.717, 1.165) is 6.07 Å². The summed E-state index contributed by atoms with van der Waals surface area (Å²) in [5.41, 5.74) is 28.4. The van der Waals surface area contributed by atoms with E-state index in [2.05, 4.69) is 31.0 Å². The van der Waals surface area contributed by atoms with Crippen molar-refractivity contribution in [2.24, 2.45) is 25.6 Å². The first-order chi connectivity index (χ1) is 21.4. The first-order valence-corrected chi connectivity index (χ1v) is 14.3. The standard InChI is InChI=1S/C29H23N11O4S/c30-14-16-9-15-1-4-19(35-37-24-6-2-17(31)10-22(24)33)12-21(15)29(41)28(16)40-36-20-5-8-26(27(13-20)45(42,43)44)39-38-25-7-3-18(32)11-23(25)34/h1-13,36H,31-34H2,(H,42,43,44)/b37-35?,39-38?,40-28-. The van der Waals surface area contributed by atoms with E-state index < -0.39 is 20.8 Å². The Kier molecular flexibility index (Phi) is 8.04. The predicted octanol–water partition coefficient (Wildman–Crippen LogP) is 5.66. The minimum absolute atomic E-state index is 0.0365. The van der Waals surface area contributed by atoms with Gasteiger partial charge >= 0.3 is 0 Å². The van der Waals surface area contributed by atoms with Gasteiger partial charge in [-0.2, -0.15) is 23.9 Å². The molecule has 0 bridgehead atoms. The molecule has 0 fully saturated rings. The molecule has 0 saturated heterocycles. The van der Waals surface area contributed by atoms with Gasteiger partial charge in [-0.25, -0.2) is 0 Å². The van der Waals surface area contributed by atoms with Gasteiger partial charge in [0.15, 0.2) is 0 Å². The summed E-state index contributed by atoms with van der Waals surface area (Å²) in [6.07, 6.45) is 1.48. The summed E-state index contributed by atoms with van der Waals surface area (Å²) < 4.78 is 34.1. The Morgan fingerprint density at radius 2 is 1.36 bits per heavy atom. The molecule has 0 atom stereocenters. The maximum atomic E-state index is 13.4. The molecule has 4 aromatic rings. The molecule has 0 radical (unpaired) electrons. The SMILES string of the molecule is N#CC1=Cc2ccc(N=Nc3ccc(N)cc3N)cc2C(=O)/C1=N\Nc1ccc(N=Nc2ccc(N)cc2N)c(S(=O)(=O)O)c1. The van der Waals surface area contributed by atoms with Crippen molar-refractivity contribution in [1.29, 1.82) is 5.26 Å². The van der Waals surface area contributed by atoms with Crippen molar-refractivity contribution in [2.75, 3.05) is 28.4 Å². The highest BCUT2D eigenvalue weighted by atomic mass is 32.2. The summed E-state index contributed by atoms with van der Waals surface area (Å²) in [4.78, 5) is 12.8. The van der Waals surface area contributed by atoms with Crippen LogP contribution in [0, 0.1) is 11.3 Å². The Hall–Kier alpha value is -6.44. The molecule has 0 aromatic heterocycles. The molecule has 0 amide bonds. The normalized spacial score (nSPS) is 14.0. The molecule has 0 heterocycles. The van der Waals surface area contributed by atoms with Gasteiger partial charge in [0.05, 0.1) is 28.3 Å². The number of Topliss-reactive ketones (excluding diaryl/α,β-unsaturated/α-hetero) is 1. The third-order valence-corrected chi connectivity index (χ3v) is 7.23. The maximum absolute atomic E-state index is 13.4. The van der Waals surface area contributed by atoms with Gasteiger partial charge in [0.1, 0.15) is 33.7 Å². The number of anilines is 5. The van der Waals surface area contributed by atoms with Gasteiger partial charge in [-0.1, -0.05) is 6.07 Å². The van der Waals surface area contributed by atoms with Crippen LogP contribution >= 0.6 is 0 Å². The summed E-state index contributed by atoms with van der Waals surface area (Å²) in [7, 11) is -4.78. The van der Waals surface area contributed by atoms with E-state index in [9.17, 15) is 23.0 Å². The lowest BCUT2D eigenvalue weighted by molar-refractivity contribution is 0.106. The van der Waals surface area contributed by atoms with E-state index in [1.165, 1.54) is 42.5 Å². The van der Waals surface area contributed by atoms with Gasteiger partial charge in [-0.05, 0) is 78.4 Å². The fourth-order valence-corrected chi connectivity index (χ4v) is 4.79. The Labute approximate surface area is 256 Å². The number of hydrogen-bond acceptors (Lipinski definition) is 14. The van der Waals surface area contributed by atoms with Gasteiger partial charge < -0.3 is 22.9 Å². The van der Waals surface area contributed by atoms with Crippen LogP contribution in [-0.2, 0) is 10.1 Å². The van der Waals surface area contributed by atoms with Gasteiger partial charge in [0.2, 0.25) is 5.78 Å². The molecule has 15 nitrogen and oxygen atoms in total. The van der Waals surface area contributed by atoms with Crippen LogP contribution in [0.1, 0.15) is 15.9 Å². The first-order valence-electron chi connectivity index (χ1n) is 12.8. The van der Waals surface area contributed by atoms with E-state index in [1.54, 1.807) is 30.3 Å². The van der Waals surface area contributed by atoms with Crippen LogP contribution in [0.5, 0.6) is 0 Å². The second-order valence-corrected chi connectivity index (χ2v) is 10.9. The number of fused-ring (bicyclic) bond motifs is 1. The molecule has 0 saturated carbocycles. The Bertz CT molecular complexity index is 2150. The lowest BCUT2D eigenvalue weighted by Gasteiger charge is -2.14. The Balaban J connectivity index is 1.43. The van der Waals surface area contributed by atoms with Crippen molar-refractivity contribution < 1.29 is 17.8 Å². The number of nitrogens with one attached hydrogen (secondary N) is 1. The number of benzene rings is 4. The van der Waals surface area contributed by atoms with Crippen molar-refractivity contribution in [3.8, 4) is 6.07 Å². The number of nitriles is 1. The van der Waals surface area contributed by atoms with E-state index in [0.29, 0.717) is 34.0 Å². The van der Waals surface area contributed by atoms with Gasteiger partial charge in [0, 0.05) is 16.9 Å². The molecule has 224 valence electrons. The van der Waals surface area contributed by atoms with E-state index >= 15 is 0 Å². The molecule has 0 unspecified atom stereocenters. The minimum Gasteiger partial charge on any atom is -0.399 e. The van der Waals surface area contributed by atoms with E-state index in [1.807, 2.05) is 6.07 Å². The molecule has 16 heteroatoms. The fraction of sp³-hybridized carbons (Fsp3) is 0. The molecule has 4 aromatic carbocycles. The summed E-state index contributed by atoms with van der Waals surface area (Å²) in [6.45, 7) is 0. The lowest BCUT2D eigenvalue weighted by atomic mass is 9.89. The second-order valence-electron chi connectivity index (χ2n) is 9.54. The minimum atomic E-state index is -4.78. The van der Waals surface area contributed by atoms with Crippen LogP contribution < -0.4 is 28.4 Å². The number of azo groups is 2. The lowest BCUT2D eigenvalue weighted by Crippen LogP contribution is -2.22. The zero-order valence-electron chi connectivity index (χ0n) is 23.1. The van der Waals surface area contributed by atoms with Crippen LogP contribution in [0.3, 0.4) is 0 Å². The molecular weight excluding hydrogens is 598 g/mol. The van der Waals surface area contributed by atoms with Crippen LogP contribution in [0.4, 0.5) is 51.2 Å². The fourth-order valence-electron chi connectivity index (χ4n) is 4.14. The molecule has 0 spiro atoms. The topological polar surface area (TPSA) is 273 Å². The van der Waals surface area contributed by atoms with Gasteiger partial charge in [-0.15, -0.1) is 15.3 Å². The molecule has 0 aliphatic heterocycles. The number of nitrogen functional groups attached to an aromatic ring is 4. The quantitative estimate of drug-likeness (QED) is 0.0636. The third-order valence-electron chi connectivity index (χ3n) is 6.35. The summed E-state index contributed by atoms with van der Waals surface area (Å²) in [6, 6.07) is 19.6. The zero-order chi connectivity index (χ0) is 32.3. The van der Waals surface area contributed by atoms with Crippen molar-refractivity contribution in [1.82, 2.24) is 0 Å². The average molecular weight is 622 g/mol. The molecular formula is C29H23N11O4S. The number of rotatable bonds is 7. The number of hydrogen-bond donors (Lipinski definition) is 6. The zero-order valence-corrected chi connectivity index (χ0v) is 23.9. The highest BCUT2D eigenvalue weighted by Gasteiger charge is 2.27. The van der Waals surface area contributed by atoms with Crippen molar-refractivity contribution >= 4 is 78.9 Å². The number of nitrogens with zero attached hydrogens (tertiary/aromatic N) is 6. The van der Waals surface area contributed by atoms with Crippen molar-refractivity contribution in [3.05, 3.63) is 89.5 Å². The average Bonchev–Trinajstić information content (AvgIpc) is 2.99. The summed E-state index contributed by atoms with van der Waals surface area (Å²) in [5.74, 6) is -0.595. The van der Waals surface area contributed by atoms with Crippen LogP contribution in [0.15, 0.2) is 109 Å². The van der Waals surface area contributed by atoms with Crippen molar-refractivity contribution in [2.45, 2.75) is 4.90 Å².